The Balaban J connectivity index is 1.42. The van der Waals surface area contributed by atoms with E-state index in [1.807, 2.05) is 6.07 Å². The number of carbonyl (C=O) groups is 1. The van der Waals surface area contributed by atoms with Gasteiger partial charge in [-0.1, -0.05) is 6.07 Å². The van der Waals surface area contributed by atoms with Crippen LogP contribution in [0.5, 0.6) is 0 Å². The Morgan fingerprint density at radius 3 is 2.76 bits per heavy atom. The lowest BCUT2D eigenvalue weighted by Gasteiger charge is -2.41. The smallest absolute Gasteiger partial charge is 0.302 e. The standard InChI is InChI=1S/C23H31FN2O3/c1-17(27)28-12-9-18-7-10-26(11-8-18)21-3-2-4-22(14-21)29-16-20-6-5-19(15-25)13-23(20)24/h5-6,13,18,21-22H,2-4,7-12,14,16H2,1H3. The number of halogens is 1. The molecule has 1 aromatic carbocycles. The summed E-state index contributed by atoms with van der Waals surface area (Å²) in [6.45, 7) is 4.43. The summed E-state index contributed by atoms with van der Waals surface area (Å²) in [7, 11) is 0. The third-order valence-corrected chi connectivity index (χ3v) is 6.25. The van der Waals surface area contributed by atoms with E-state index in [1.165, 1.54) is 19.4 Å². The molecule has 6 heteroatoms. The lowest BCUT2D eigenvalue weighted by Crippen LogP contribution is -2.45. The number of nitriles is 1. The molecule has 5 nitrogen and oxygen atoms in total. The molecule has 2 atom stereocenters. The summed E-state index contributed by atoms with van der Waals surface area (Å²) in [6.07, 6.45) is 7.77. The summed E-state index contributed by atoms with van der Waals surface area (Å²) < 4.78 is 25.2. The van der Waals surface area contributed by atoms with Crippen LogP contribution in [0.3, 0.4) is 0 Å². The molecule has 1 saturated heterocycles. The largest absolute Gasteiger partial charge is 0.466 e. The third-order valence-electron chi connectivity index (χ3n) is 6.25. The molecule has 1 saturated carbocycles. The predicted molar refractivity (Wildman–Crippen MR) is 107 cm³/mol. The number of ether oxygens (including phenoxy) is 2. The molecule has 29 heavy (non-hydrogen) atoms. The van der Waals surface area contributed by atoms with E-state index in [-0.39, 0.29) is 24.5 Å². The molecule has 1 aromatic rings. The van der Waals surface area contributed by atoms with E-state index < -0.39 is 0 Å². The van der Waals surface area contributed by atoms with Crippen LogP contribution in [0.25, 0.3) is 0 Å². The van der Waals surface area contributed by atoms with Crippen molar-refractivity contribution in [3.63, 3.8) is 0 Å². The number of esters is 1. The lowest BCUT2D eigenvalue weighted by atomic mass is 9.88. The Hall–Kier alpha value is -1.97. The van der Waals surface area contributed by atoms with E-state index in [0.29, 0.717) is 29.7 Å². The Bertz CT molecular complexity index is 725. The van der Waals surface area contributed by atoms with Crippen LogP contribution >= 0.6 is 0 Å². The van der Waals surface area contributed by atoms with E-state index in [0.717, 1.165) is 51.6 Å². The first-order valence-corrected chi connectivity index (χ1v) is 10.7. The first-order chi connectivity index (χ1) is 14.0. The number of nitrogens with zero attached hydrogens (tertiary/aromatic N) is 2. The van der Waals surface area contributed by atoms with Gasteiger partial charge in [-0.2, -0.15) is 5.26 Å². The average molecular weight is 403 g/mol. The summed E-state index contributed by atoms with van der Waals surface area (Å²) in [6, 6.07) is 7.04. The van der Waals surface area contributed by atoms with Gasteiger partial charge in [0.25, 0.3) is 0 Å². The molecule has 0 radical (unpaired) electrons. The van der Waals surface area contributed by atoms with Gasteiger partial charge >= 0.3 is 5.97 Å². The van der Waals surface area contributed by atoms with Crippen LogP contribution in [-0.4, -0.2) is 42.7 Å². The summed E-state index contributed by atoms with van der Waals surface area (Å²) in [5.74, 6) is 0.0735. The monoisotopic (exact) mass is 402 g/mol. The molecule has 1 aliphatic heterocycles. The lowest BCUT2D eigenvalue weighted by molar-refractivity contribution is -0.141. The molecule has 0 N–H and O–H groups in total. The fourth-order valence-corrected chi connectivity index (χ4v) is 4.52. The molecule has 2 aliphatic rings. The van der Waals surface area contributed by atoms with Crippen molar-refractivity contribution in [2.24, 2.45) is 5.92 Å². The van der Waals surface area contributed by atoms with Crippen molar-refractivity contribution in [1.29, 1.82) is 5.26 Å². The molecule has 2 unspecified atom stereocenters. The van der Waals surface area contributed by atoms with Crippen LogP contribution in [0, 0.1) is 23.1 Å². The van der Waals surface area contributed by atoms with Gasteiger partial charge in [0.05, 0.1) is 31.0 Å². The van der Waals surface area contributed by atoms with Crippen molar-refractivity contribution < 1.29 is 18.7 Å². The normalized spacial score (nSPS) is 23.5. The van der Waals surface area contributed by atoms with E-state index in [4.69, 9.17) is 14.7 Å². The van der Waals surface area contributed by atoms with E-state index in [1.54, 1.807) is 12.1 Å². The van der Waals surface area contributed by atoms with Gasteiger partial charge in [0, 0.05) is 18.5 Å². The maximum absolute atomic E-state index is 14.1. The predicted octanol–water partition coefficient (Wildman–Crippen LogP) is 4.19. The fourth-order valence-electron chi connectivity index (χ4n) is 4.52. The summed E-state index contributed by atoms with van der Waals surface area (Å²) >= 11 is 0. The first kappa shape index (κ1) is 21.7. The third kappa shape index (κ3) is 6.52. The second-order valence-electron chi connectivity index (χ2n) is 8.28. The molecule has 1 aliphatic carbocycles. The van der Waals surface area contributed by atoms with E-state index in [9.17, 15) is 9.18 Å². The molecule has 0 spiro atoms. The highest BCUT2D eigenvalue weighted by Crippen LogP contribution is 2.30. The van der Waals surface area contributed by atoms with Crippen molar-refractivity contribution in [2.75, 3.05) is 19.7 Å². The molecule has 1 heterocycles. The van der Waals surface area contributed by atoms with Crippen molar-refractivity contribution in [3.8, 4) is 6.07 Å². The quantitative estimate of drug-likeness (QED) is 0.640. The van der Waals surface area contributed by atoms with Crippen molar-refractivity contribution in [3.05, 3.63) is 35.1 Å². The Morgan fingerprint density at radius 1 is 1.28 bits per heavy atom. The van der Waals surface area contributed by atoms with Gasteiger partial charge in [0.2, 0.25) is 0 Å². The second kappa shape index (κ2) is 10.7. The number of hydrogen-bond donors (Lipinski definition) is 0. The zero-order valence-electron chi connectivity index (χ0n) is 17.2. The molecular weight excluding hydrogens is 371 g/mol. The van der Waals surface area contributed by atoms with Gasteiger partial charge in [-0.25, -0.2) is 4.39 Å². The summed E-state index contributed by atoms with van der Waals surface area (Å²) in [5.41, 5.74) is 0.847. The minimum Gasteiger partial charge on any atom is -0.466 e. The highest BCUT2D eigenvalue weighted by Gasteiger charge is 2.30. The Morgan fingerprint density at radius 2 is 2.07 bits per heavy atom. The topological polar surface area (TPSA) is 62.6 Å². The molecule has 158 valence electrons. The van der Waals surface area contributed by atoms with Crippen LogP contribution < -0.4 is 0 Å². The van der Waals surface area contributed by atoms with Gasteiger partial charge in [-0.3, -0.25) is 4.79 Å². The Labute approximate surface area is 172 Å². The number of benzene rings is 1. The van der Waals surface area contributed by atoms with Gasteiger partial charge in [-0.15, -0.1) is 0 Å². The van der Waals surface area contributed by atoms with E-state index in [2.05, 4.69) is 4.90 Å². The molecular formula is C23H31FN2O3. The van der Waals surface area contributed by atoms with Gasteiger partial charge in [-0.05, 0) is 76.1 Å². The van der Waals surface area contributed by atoms with Crippen LogP contribution in [0.2, 0.25) is 0 Å². The minimum atomic E-state index is -0.368. The maximum Gasteiger partial charge on any atom is 0.302 e. The molecule has 3 rings (SSSR count). The summed E-state index contributed by atoms with van der Waals surface area (Å²) in [5, 5.41) is 8.85. The second-order valence-corrected chi connectivity index (χ2v) is 8.28. The first-order valence-electron chi connectivity index (χ1n) is 10.7. The molecule has 0 amide bonds. The molecule has 0 bridgehead atoms. The fraction of sp³-hybridized carbons (Fsp3) is 0.652. The number of rotatable bonds is 7. The van der Waals surface area contributed by atoms with Crippen LogP contribution in [0.1, 0.15) is 63.0 Å². The minimum absolute atomic E-state index is 0.158. The average Bonchev–Trinajstić information content (AvgIpc) is 2.73. The maximum atomic E-state index is 14.1. The number of likely N-dealkylation sites (tertiary alicyclic amines) is 1. The zero-order valence-corrected chi connectivity index (χ0v) is 17.2. The number of hydrogen-bond acceptors (Lipinski definition) is 5. The Kier molecular flexibility index (Phi) is 8.02. The number of piperidine rings is 1. The van der Waals surface area contributed by atoms with Crippen molar-refractivity contribution >= 4 is 5.97 Å². The molecule has 0 aromatic heterocycles. The highest BCUT2D eigenvalue weighted by atomic mass is 19.1. The van der Waals surface area contributed by atoms with Crippen molar-refractivity contribution in [2.45, 2.75) is 70.6 Å². The molecule has 2 fully saturated rings. The summed E-state index contributed by atoms with van der Waals surface area (Å²) in [4.78, 5) is 13.5. The number of carbonyl (C=O) groups excluding carboxylic acids is 1. The van der Waals surface area contributed by atoms with Crippen LogP contribution in [-0.2, 0) is 20.9 Å². The van der Waals surface area contributed by atoms with Crippen molar-refractivity contribution in [1.82, 2.24) is 4.90 Å². The van der Waals surface area contributed by atoms with Crippen LogP contribution in [0.4, 0.5) is 4.39 Å². The SMILES string of the molecule is CC(=O)OCCC1CCN(C2CCCC(OCc3ccc(C#N)cc3F)C2)CC1. The van der Waals surface area contributed by atoms with Gasteiger partial charge in [0.1, 0.15) is 5.82 Å². The van der Waals surface area contributed by atoms with Crippen LogP contribution in [0.15, 0.2) is 18.2 Å². The zero-order chi connectivity index (χ0) is 20.6. The highest BCUT2D eigenvalue weighted by molar-refractivity contribution is 5.65. The van der Waals surface area contributed by atoms with Gasteiger partial charge < -0.3 is 14.4 Å². The van der Waals surface area contributed by atoms with Gasteiger partial charge in [0.15, 0.2) is 0 Å². The van der Waals surface area contributed by atoms with E-state index >= 15 is 0 Å².